The Morgan fingerprint density at radius 3 is 2.83 bits per heavy atom. The molecule has 2 rings (SSSR count). The second kappa shape index (κ2) is 5.23. The van der Waals surface area contributed by atoms with Gasteiger partial charge >= 0.3 is 0 Å². The van der Waals surface area contributed by atoms with Crippen molar-refractivity contribution in [1.29, 1.82) is 0 Å². The number of hydrogen-bond acceptors (Lipinski definition) is 4. The van der Waals surface area contributed by atoms with Gasteiger partial charge in [0.15, 0.2) is 0 Å². The van der Waals surface area contributed by atoms with Crippen LogP contribution in [0.4, 0.5) is 5.82 Å². The molecule has 0 saturated carbocycles. The van der Waals surface area contributed by atoms with Crippen LogP contribution in [0.15, 0.2) is 35.1 Å². The Morgan fingerprint density at radius 2 is 2.22 bits per heavy atom. The van der Waals surface area contributed by atoms with Gasteiger partial charge in [-0.2, -0.15) is 0 Å². The van der Waals surface area contributed by atoms with Crippen LogP contribution < -0.4 is 10.6 Å². The van der Waals surface area contributed by atoms with Crippen LogP contribution in [0.5, 0.6) is 0 Å². The minimum absolute atomic E-state index is 0.0239. The predicted molar refractivity (Wildman–Crippen MR) is 72.4 cm³/mol. The van der Waals surface area contributed by atoms with Crippen LogP contribution in [0, 0.1) is 6.92 Å². The summed E-state index contributed by atoms with van der Waals surface area (Å²) in [5.41, 5.74) is 8.15. The Morgan fingerprint density at radius 1 is 1.44 bits per heavy atom. The fourth-order valence-electron chi connectivity index (χ4n) is 1.84. The maximum atomic E-state index is 5.88. The summed E-state index contributed by atoms with van der Waals surface area (Å²) in [6, 6.07) is 5.99. The molecule has 2 heterocycles. The fourth-order valence-corrected chi connectivity index (χ4v) is 1.84. The summed E-state index contributed by atoms with van der Waals surface area (Å²) in [5.74, 6) is 1.87. The number of nitrogens with two attached hydrogens (primary N) is 1. The van der Waals surface area contributed by atoms with Crippen molar-refractivity contribution in [3.63, 3.8) is 0 Å². The number of aromatic nitrogens is 1. The van der Waals surface area contributed by atoms with E-state index in [9.17, 15) is 0 Å². The minimum Gasteiger partial charge on any atom is -0.469 e. The number of hydrogen-bond donors (Lipinski definition) is 1. The van der Waals surface area contributed by atoms with E-state index in [1.165, 1.54) is 5.56 Å². The Bertz CT molecular complexity index is 519. The van der Waals surface area contributed by atoms with E-state index >= 15 is 0 Å². The first kappa shape index (κ1) is 12.6. The molecule has 2 aromatic rings. The highest BCUT2D eigenvalue weighted by atomic mass is 16.3. The summed E-state index contributed by atoms with van der Waals surface area (Å²) in [4.78, 5) is 6.46. The maximum Gasteiger partial charge on any atom is 0.128 e. The molecule has 2 N–H and O–H groups in total. The second-order valence-corrected chi connectivity index (χ2v) is 4.59. The van der Waals surface area contributed by atoms with Crippen LogP contribution in [0.2, 0.25) is 0 Å². The minimum atomic E-state index is 0.0239. The first-order valence-electron chi connectivity index (χ1n) is 6.03. The average Bonchev–Trinajstić information content (AvgIpc) is 2.75. The highest BCUT2D eigenvalue weighted by Crippen LogP contribution is 2.19. The first-order chi connectivity index (χ1) is 8.58. The van der Waals surface area contributed by atoms with Gasteiger partial charge in [0.05, 0.1) is 6.26 Å². The molecule has 2 aromatic heterocycles. The largest absolute Gasteiger partial charge is 0.469 e. The van der Waals surface area contributed by atoms with E-state index in [0.29, 0.717) is 0 Å². The third kappa shape index (κ3) is 2.71. The smallest absolute Gasteiger partial charge is 0.128 e. The van der Waals surface area contributed by atoms with Crippen molar-refractivity contribution in [3.8, 4) is 0 Å². The lowest BCUT2D eigenvalue weighted by atomic mass is 10.1. The lowest BCUT2D eigenvalue weighted by molar-refractivity contribution is 0.529. The van der Waals surface area contributed by atoms with Crippen molar-refractivity contribution in [2.24, 2.45) is 5.73 Å². The number of furan rings is 1. The zero-order chi connectivity index (χ0) is 13.1. The van der Waals surface area contributed by atoms with Gasteiger partial charge in [0, 0.05) is 31.4 Å². The van der Waals surface area contributed by atoms with Gasteiger partial charge in [-0.25, -0.2) is 4.98 Å². The molecule has 0 aliphatic rings. The molecule has 1 atom stereocenters. The molecule has 96 valence electrons. The van der Waals surface area contributed by atoms with E-state index in [4.69, 9.17) is 10.2 Å². The predicted octanol–water partition coefficient (Wildman–Crippen LogP) is 2.64. The van der Waals surface area contributed by atoms with Gasteiger partial charge in [0.2, 0.25) is 0 Å². The summed E-state index contributed by atoms with van der Waals surface area (Å²) in [6.45, 7) is 4.71. The van der Waals surface area contributed by atoms with Gasteiger partial charge in [0.25, 0.3) is 0 Å². The van der Waals surface area contributed by atoms with Gasteiger partial charge in [-0.15, -0.1) is 0 Å². The van der Waals surface area contributed by atoms with Crippen LogP contribution in [0.3, 0.4) is 0 Å². The van der Waals surface area contributed by atoms with Crippen LogP contribution in [-0.2, 0) is 6.54 Å². The number of aryl methyl sites for hydroxylation is 1. The Hall–Kier alpha value is -1.81. The van der Waals surface area contributed by atoms with E-state index in [2.05, 4.69) is 9.88 Å². The summed E-state index contributed by atoms with van der Waals surface area (Å²) >= 11 is 0. The second-order valence-electron chi connectivity index (χ2n) is 4.59. The molecular formula is C14H19N3O. The standard InChI is InChI=1S/C14H19N3O/c1-10(15)12-4-6-16-14(8-12)17(3)9-13-5-7-18-11(13)2/h4-8,10H,9,15H2,1-3H3/t10-/m0/s1. The lowest BCUT2D eigenvalue weighted by Gasteiger charge is -2.19. The Labute approximate surface area is 107 Å². The van der Waals surface area contributed by atoms with Crippen LogP contribution in [-0.4, -0.2) is 12.0 Å². The molecule has 4 nitrogen and oxygen atoms in total. The Kier molecular flexibility index (Phi) is 3.67. The van der Waals surface area contributed by atoms with E-state index in [1.807, 2.05) is 39.1 Å². The summed E-state index contributed by atoms with van der Waals surface area (Å²) in [7, 11) is 2.01. The average molecular weight is 245 g/mol. The molecule has 0 radical (unpaired) electrons. The molecule has 18 heavy (non-hydrogen) atoms. The van der Waals surface area contributed by atoms with Crippen molar-refractivity contribution < 1.29 is 4.42 Å². The van der Waals surface area contributed by atoms with E-state index in [0.717, 1.165) is 23.7 Å². The summed E-state index contributed by atoms with van der Waals surface area (Å²) in [5, 5.41) is 0. The van der Waals surface area contributed by atoms with Crippen LogP contribution in [0.1, 0.15) is 29.9 Å². The number of nitrogens with zero attached hydrogens (tertiary/aromatic N) is 2. The normalized spacial score (nSPS) is 12.4. The van der Waals surface area contributed by atoms with E-state index < -0.39 is 0 Å². The fraction of sp³-hybridized carbons (Fsp3) is 0.357. The van der Waals surface area contributed by atoms with E-state index in [1.54, 1.807) is 12.5 Å². The van der Waals surface area contributed by atoms with Crippen molar-refractivity contribution >= 4 is 5.82 Å². The molecule has 0 aliphatic carbocycles. The molecule has 0 spiro atoms. The molecular weight excluding hydrogens is 226 g/mol. The molecule has 0 bridgehead atoms. The molecule has 4 heteroatoms. The SMILES string of the molecule is Cc1occc1CN(C)c1cc([C@H](C)N)ccn1. The third-order valence-corrected chi connectivity index (χ3v) is 3.06. The lowest BCUT2D eigenvalue weighted by Crippen LogP contribution is -2.18. The number of pyridine rings is 1. The van der Waals surface area contributed by atoms with Crippen molar-refractivity contribution in [2.45, 2.75) is 26.4 Å². The zero-order valence-electron chi connectivity index (χ0n) is 11.1. The Balaban J connectivity index is 2.16. The van der Waals surface area contributed by atoms with Gasteiger partial charge in [0.1, 0.15) is 11.6 Å². The topological polar surface area (TPSA) is 55.3 Å². The highest BCUT2D eigenvalue weighted by molar-refractivity contribution is 5.42. The summed E-state index contributed by atoms with van der Waals surface area (Å²) < 4.78 is 5.30. The molecule has 0 saturated heterocycles. The van der Waals surface area contributed by atoms with Crippen molar-refractivity contribution in [1.82, 2.24) is 4.98 Å². The monoisotopic (exact) mass is 245 g/mol. The first-order valence-corrected chi connectivity index (χ1v) is 6.03. The number of anilines is 1. The van der Waals surface area contributed by atoms with Gasteiger partial charge in [-0.3, -0.25) is 0 Å². The zero-order valence-corrected chi connectivity index (χ0v) is 11.1. The van der Waals surface area contributed by atoms with Crippen molar-refractivity contribution in [2.75, 3.05) is 11.9 Å². The van der Waals surface area contributed by atoms with Crippen LogP contribution >= 0.6 is 0 Å². The molecule has 0 aromatic carbocycles. The van der Waals surface area contributed by atoms with Crippen LogP contribution in [0.25, 0.3) is 0 Å². The molecule has 0 amide bonds. The van der Waals surface area contributed by atoms with Crippen molar-refractivity contribution in [3.05, 3.63) is 47.5 Å². The van der Waals surface area contributed by atoms with Gasteiger partial charge in [-0.1, -0.05) is 0 Å². The highest BCUT2D eigenvalue weighted by Gasteiger charge is 2.09. The van der Waals surface area contributed by atoms with Gasteiger partial charge in [-0.05, 0) is 37.6 Å². The molecule has 0 unspecified atom stereocenters. The maximum absolute atomic E-state index is 5.88. The van der Waals surface area contributed by atoms with Gasteiger partial charge < -0.3 is 15.1 Å². The molecule has 0 fully saturated rings. The summed E-state index contributed by atoms with van der Waals surface area (Å²) in [6.07, 6.45) is 3.51. The number of rotatable bonds is 4. The quantitative estimate of drug-likeness (QED) is 0.899. The third-order valence-electron chi connectivity index (χ3n) is 3.06. The van der Waals surface area contributed by atoms with E-state index in [-0.39, 0.29) is 6.04 Å². The molecule has 0 aliphatic heterocycles.